The average Bonchev–Trinajstić information content (AvgIpc) is 2.84. The molecule has 0 aliphatic carbocycles. The van der Waals surface area contributed by atoms with Crippen LogP contribution in [0, 0.1) is 10.1 Å². The molecule has 2 rings (SSSR count). The molecular weight excluding hydrogens is 290 g/mol. The van der Waals surface area contributed by atoms with E-state index in [1.807, 2.05) is 0 Å². The molecule has 0 bridgehead atoms. The second-order valence-electron chi connectivity index (χ2n) is 3.54. The maximum atomic E-state index is 10.9. The van der Waals surface area contributed by atoms with Crippen LogP contribution in [0.5, 0.6) is 0 Å². The van der Waals surface area contributed by atoms with Crippen LogP contribution in [0.4, 0.5) is 5.69 Å². The van der Waals surface area contributed by atoms with Gasteiger partial charge in [0, 0.05) is 23.2 Å². The van der Waals surface area contributed by atoms with E-state index in [1.54, 1.807) is 0 Å². The predicted molar refractivity (Wildman–Crippen MR) is 68.1 cm³/mol. The fourth-order valence-corrected chi connectivity index (χ4v) is 1.56. The van der Waals surface area contributed by atoms with Gasteiger partial charge >= 0.3 is 5.97 Å². The summed E-state index contributed by atoms with van der Waals surface area (Å²) in [6.07, 6.45) is 1.90. The summed E-state index contributed by atoms with van der Waals surface area (Å²) in [5.41, 5.74) is -0.184. The van der Waals surface area contributed by atoms with Gasteiger partial charge in [0.05, 0.1) is 4.92 Å². The van der Waals surface area contributed by atoms with Crippen molar-refractivity contribution in [3.05, 3.63) is 45.3 Å². The summed E-state index contributed by atoms with van der Waals surface area (Å²) in [6.45, 7) is 0. The van der Waals surface area contributed by atoms with Crippen molar-refractivity contribution in [2.24, 2.45) is 0 Å². The number of nitrogens with zero attached hydrogens (tertiary/aromatic N) is 3. The molecule has 20 heavy (non-hydrogen) atoms. The van der Waals surface area contributed by atoms with Gasteiger partial charge in [-0.25, -0.2) is 4.79 Å². The summed E-state index contributed by atoms with van der Waals surface area (Å²) in [7, 11) is 0. The first-order valence-corrected chi connectivity index (χ1v) is 5.54. The van der Waals surface area contributed by atoms with Crippen LogP contribution in [-0.4, -0.2) is 26.2 Å². The number of rotatable bonds is 4. The number of hydrogen-bond donors (Lipinski definition) is 1. The zero-order valence-corrected chi connectivity index (χ0v) is 10.4. The highest BCUT2D eigenvalue weighted by Crippen LogP contribution is 2.31. The molecule has 9 heteroatoms. The number of hydrogen-bond acceptors (Lipinski definition) is 6. The van der Waals surface area contributed by atoms with Crippen LogP contribution in [0.25, 0.3) is 17.5 Å². The first-order chi connectivity index (χ1) is 9.47. The summed E-state index contributed by atoms with van der Waals surface area (Å²) in [5.74, 6) is -1.35. The van der Waals surface area contributed by atoms with Crippen molar-refractivity contribution in [2.45, 2.75) is 0 Å². The Kier molecular flexibility index (Phi) is 3.76. The van der Waals surface area contributed by atoms with Crippen molar-refractivity contribution in [1.29, 1.82) is 0 Å². The number of nitro benzene ring substituents is 1. The molecule has 1 aromatic heterocycles. The van der Waals surface area contributed by atoms with Gasteiger partial charge < -0.3 is 9.52 Å². The van der Waals surface area contributed by atoms with E-state index in [0.717, 1.165) is 18.2 Å². The Labute approximate surface area is 116 Å². The summed E-state index contributed by atoms with van der Waals surface area (Å²) < 4.78 is 5.13. The monoisotopic (exact) mass is 295 g/mol. The van der Waals surface area contributed by atoms with Crippen molar-refractivity contribution in [3.8, 4) is 11.5 Å². The Balaban J connectivity index is 2.42. The van der Waals surface area contributed by atoms with Crippen molar-refractivity contribution in [2.75, 3.05) is 0 Å². The number of benzene rings is 1. The third-order valence-electron chi connectivity index (χ3n) is 2.20. The fourth-order valence-electron chi connectivity index (χ4n) is 1.39. The molecule has 0 aliphatic heterocycles. The maximum Gasteiger partial charge on any atom is 0.328 e. The summed E-state index contributed by atoms with van der Waals surface area (Å²) in [5, 5.41) is 26.8. The van der Waals surface area contributed by atoms with E-state index >= 15 is 0 Å². The average molecular weight is 296 g/mol. The number of carbonyl (C=O) groups is 1. The quantitative estimate of drug-likeness (QED) is 0.522. The normalized spacial score (nSPS) is 10.8. The van der Waals surface area contributed by atoms with Crippen LogP contribution in [0.1, 0.15) is 5.89 Å². The first-order valence-electron chi connectivity index (χ1n) is 5.16. The van der Waals surface area contributed by atoms with E-state index < -0.39 is 10.9 Å². The van der Waals surface area contributed by atoms with E-state index in [0.29, 0.717) is 0 Å². The third-order valence-corrected chi connectivity index (χ3v) is 2.43. The van der Waals surface area contributed by atoms with Gasteiger partial charge in [-0.05, 0) is 12.1 Å². The van der Waals surface area contributed by atoms with Crippen LogP contribution in [0.15, 0.2) is 28.7 Å². The topological polar surface area (TPSA) is 119 Å². The zero-order chi connectivity index (χ0) is 14.7. The molecule has 0 radical (unpaired) electrons. The van der Waals surface area contributed by atoms with Crippen LogP contribution < -0.4 is 0 Å². The summed E-state index contributed by atoms with van der Waals surface area (Å²) in [4.78, 5) is 20.7. The van der Waals surface area contributed by atoms with Gasteiger partial charge in [-0.2, -0.15) is 0 Å². The number of nitro groups is 1. The van der Waals surface area contributed by atoms with Crippen molar-refractivity contribution in [1.82, 2.24) is 10.2 Å². The van der Waals surface area contributed by atoms with E-state index in [4.69, 9.17) is 21.1 Å². The van der Waals surface area contributed by atoms with Gasteiger partial charge in [0.1, 0.15) is 5.56 Å². The molecule has 0 atom stereocenters. The number of carboxylic acid groups (broad SMARTS) is 1. The molecule has 2 aromatic rings. The molecule has 1 heterocycles. The minimum Gasteiger partial charge on any atom is -0.478 e. The van der Waals surface area contributed by atoms with Crippen LogP contribution in [-0.2, 0) is 4.79 Å². The number of aromatic nitrogens is 2. The second kappa shape index (κ2) is 5.49. The lowest BCUT2D eigenvalue weighted by Gasteiger charge is -1.98. The molecular formula is C11H6ClN3O5. The zero-order valence-electron chi connectivity index (χ0n) is 9.69. The molecule has 102 valence electrons. The second-order valence-corrected chi connectivity index (χ2v) is 3.97. The number of carboxylic acids is 1. The summed E-state index contributed by atoms with van der Waals surface area (Å²) in [6, 6.07) is 3.98. The lowest BCUT2D eigenvalue weighted by molar-refractivity contribution is -0.384. The van der Waals surface area contributed by atoms with E-state index in [1.165, 1.54) is 12.1 Å². The Hall–Kier alpha value is -2.74. The van der Waals surface area contributed by atoms with Gasteiger partial charge in [-0.15, -0.1) is 10.2 Å². The minimum absolute atomic E-state index is 0.0772. The van der Waals surface area contributed by atoms with Crippen molar-refractivity contribution in [3.63, 3.8) is 0 Å². The van der Waals surface area contributed by atoms with Crippen molar-refractivity contribution >= 4 is 29.3 Å². The van der Waals surface area contributed by atoms with E-state index in [9.17, 15) is 14.9 Å². The van der Waals surface area contributed by atoms with Crippen molar-refractivity contribution < 1.29 is 19.2 Å². The van der Waals surface area contributed by atoms with E-state index in [-0.39, 0.29) is 28.1 Å². The molecule has 0 saturated heterocycles. The number of aliphatic carboxylic acids is 1. The molecule has 0 fully saturated rings. The highest BCUT2D eigenvalue weighted by molar-refractivity contribution is 6.30. The lowest BCUT2D eigenvalue weighted by Crippen LogP contribution is -1.92. The maximum absolute atomic E-state index is 10.9. The van der Waals surface area contributed by atoms with Crippen LogP contribution in [0.2, 0.25) is 5.02 Å². The Bertz CT molecular complexity index is 710. The molecule has 0 spiro atoms. The predicted octanol–water partition coefficient (Wildman–Crippen LogP) is 2.40. The standard InChI is InChI=1S/C11H6ClN3O5/c12-6-1-2-7(8(5-6)15(18)19)11-14-13-9(20-11)3-4-10(16)17/h1-5H,(H,16,17)/b4-3+. The van der Waals surface area contributed by atoms with E-state index in [2.05, 4.69) is 10.2 Å². The lowest BCUT2D eigenvalue weighted by atomic mass is 10.2. The summed E-state index contributed by atoms with van der Waals surface area (Å²) >= 11 is 5.69. The van der Waals surface area contributed by atoms with Crippen LogP contribution >= 0.6 is 11.6 Å². The molecule has 1 N–H and O–H groups in total. The molecule has 0 saturated carbocycles. The first kappa shape index (κ1) is 13.7. The van der Waals surface area contributed by atoms with Gasteiger partial charge in [-0.3, -0.25) is 10.1 Å². The van der Waals surface area contributed by atoms with Gasteiger partial charge in [0.2, 0.25) is 5.89 Å². The highest BCUT2D eigenvalue weighted by Gasteiger charge is 2.20. The molecule has 0 unspecified atom stereocenters. The largest absolute Gasteiger partial charge is 0.478 e. The molecule has 0 amide bonds. The molecule has 0 aliphatic rings. The SMILES string of the molecule is O=C(O)/C=C/c1nnc(-c2ccc(Cl)cc2[N+](=O)[O-])o1. The van der Waals surface area contributed by atoms with Gasteiger partial charge in [0.25, 0.3) is 11.6 Å². The Morgan fingerprint density at radius 1 is 1.45 bits per heavy atom. The Morgan fingerprint density at radius 2 is 2.20 bits per heavy atom. The highest BCUT2D eigenvalue weighted by atomic mass is 35.5. The molecule has 1 aromatic carbocycles. The smallest absolute Gasteiger partial charge is 0.328 e. The Morgan fingerprint density at radius 3 is 2.85 bits per heavy atom. The van der Waals surface area contributed by atoms with Crippen LogP contribution in [0.3, 0.4) is 0 Å². The third kappa shape index (κ3) is 2.98. The number of halogens is 1. The molecule has 8 nitrogen and oxygen atoms in total. The fraction of sp³-hybridized carbons (Fsp3) is 0. The van der Waals surface area contributed by atoms with Gasteiger partial charge in [-0.1, -0.05) is 11.6 Å². The minimum atomic E-state index is -1.18. The van der Waals surface area contributed by atoms with Gasteiger partial charge in [0.15, 0.2) is 0 Å².